The summed E-state index contributed by atoms with van der Waals surface area (Å²) < 4.78 is 32.6. The van der Waals surface area contributed by atoms with Crippen molar-refractivity contribution in [1.82, 2.24) is 0 Å². The first-order chi connectivity index (χ1) is 17.3. The normalized spacial score (nSPS) is 11.6. The molecule has 0 radical (unpaired) electrons. The molecular weight excluding hydrogens is 476 g/mol. The van der Waals surface area contributed by atoms with E-state index in [-0.39, 0.29) is 4.90 Å². The second-order valence-electron chi connectivity index (χ2n) is 8.15. The first-order valence-corrected chi connectivity index (χ1v) is 12.2. The lowest BCUT2D eigenvalue weighted by Gasteiger charge is -2.17. The molecule has 0 saturated heterocycles. The zero-order valence-corrected chi connectivity index (χ0v) is 20.8. The Morgan fingerprint density at radius 2 is 1.03 bits per heavy atom. The summed E-state index contributed by atoms with van der Waals surface area (Å²) in [5, 5.41) is 0. The molecule has 1 atom stereocenters. The van der Waals surface area contributed by atoms with E-state index in [1.807, 2.05) is 43.3 Å². The van der Waals surface area contributed by atoms with Crippen molar-refractivity contribution in [3.63, 3.8) is 0 Å². The summed E-state index contributed by atoms with van der Waals surface area (Å²) in [4.78, 5) is 24.0. The molecule has 0 heterocycles. The third kappa shape index (κ3) is 5.12. The van der Waals surface area contributed by atoms with E-state index in [4.69, 9.17) is 9.47 Å². The van der Waals surface area contributed by atoms with Gasteiger partial charge in [-0.1, -0.05) is 54.1 Å². The van der Waals surface area contributed by atoms with Crippen LogP contribution in [0.5, 0.6) is 0 Å². The summed E-state index contributed by atoms with van der Waals surface area (Å²) in [5.74, 6) is -0.897. The van der Waals surface area contributed by atoms with Crippen LogP contribution in [0.1, 0.15) is 26.3 Å². The number of benzene rings is 4. The standard InChI is InChI=1S/C29H24O6S/c1-18-4-6-20(7-5-18)25-16-24(19-8-12-22(13-9-19)28(30)34-2)17-26(27(25)36(32)33)21-10-14-23(15-11-21)29(31)35-3/h4-17H,1-3H3,(H,32,33). The molecule has 0 aliphatic heterocycles. The van der Waals surface area contributed by atoms with Crippen molar-refractivity contribution in [2.75, 3.05) is 14.2 Å². The molecule has 4 aromatic rings. The number of ether oxygens (including phenoxy) is 2. The molecule has 36 heavy (non-hydrogen) atoms. The van der Waals surface area contributed by atoms with Gasteiger partial charge < -0.3 is 14.0 Å². The second kappa shape index (κ2) is 10.7. The van der Waals surface area contributed by atoms with Crippen LogP contribution in [0.2, 0.25) is 0 Å². The maximum atomic E-state index is 12.7. The van der Waals surface area contributed by atoms with Crippen LogP contribution < -0.4 is 0 Å². The first kappa shape index (κ1) is 25.0. The smallest absolute Gasteiger partial charge is 0.337 e. The van der Waals surface area contributed by atoms with E-state index in [1.54, 1.807) is 48.5 Å². The number of carbonyl (C=O) groups is 2. The van der Waals surface area contributed by atoms with Gasteiger partial charge in [-0.15, -0.1) is 0 Å². The van der Waals surface area contributed by atoms with E-state index in [9.17, 15) is 18.4 Å². The molecule has 6 nitrogen and oxygen atoms in total. The van der Waals surface area contributed by atoms with E-state index in [1.165, 1.54) is 14.2 Å². The van der Waals surface area contributed by atoms with E-state index in [2.05, 4.69) is 0 Å². The van der Waals surface area contributed by atoms with E-state index < -0.39 is 23.0 Å². The highest BCUT2D eigenvalue weighted by molar-refractivity contribution is 7.79. The lowest BCUT2D eigenvalue weighted by molar-refractivity contribution is 0.0592. The monoisotopic (exact) mass is 500 g/mol. The highest BCUT2D eigenvalue weighted by atomic mass is 32.2. The quantitative estimate of drug-likeness (QED) is 0.252. The molecule has 0 aromatic heterocycles. The summed E-state index contributed by atoms with van der Waals surface area (Å²) in [6.07, 6.45) is 0. The minimum atomic E-state index is -2.30. The minimum Gasteiger partial charge on any atom is -0.465 e. The highest BCUT2D eigenvalue weighted by Crippen LogP contribution is 2.39. The van der Waals surface area contributed by atoms with Gasteiger partial charge in [-0.2, -0.15) is 0 Å². The fraction of sp³-hybridized carbons (Fsp3) is 0.103. The van der Waals surface area contributed by atoms with Crippen molar-refractivity contribution in [1.29, 1.82) is 0 Å². The zero-order valence-electron chi connectivity index (χ0n) is 20.0. The van der Waals surface area contributed by atoms with Gasteiger partial charge in [0.2, 0.25) is 0 Å². The molecule has 0 spiro atoms. The predicted octanol–water partition coefficient (Wildman–Crippen LogP) is 6.15. The van der Waals surface area contributed by atoms with Crippen molar-refractivity contribution < 1.29 is 27.8 Å². The Morgan fingerprint density at radius 3 is 1.42 bits per heavy atom. The predicted molar refractivity (Wildman–Crippen MR) is 139 cm³/mol. The Hall–Kier alpha value is -4.07. The van der Waals surface area contributed by atoms with Gasteiger partial charge in [-0.3, -0.25) is 0 Å². The molecule has 0 amide bonds. The van der Waals surface area contributed by atoms with Crippen LogP contribution in [0.25, 0.3) is 33.4 Å². The minimum absolute atomic E-state index is 0.264. The summed E-state index contributed by atoms with van der Waals surface area (Å²) >= 11 is -2.30. The molecule has 4 rings (SSSR count). The Balaban J connectivity index is 1.95. The van der Waals surface area contributed by atoms with Crippen LogP contribution in [0.3, 0.4) is 0 Å². The topological polar surface area (TPSA) is 89.9 Å². The maximum Gasteiger partial charge on any atom is 0.337 e. The Morgan fingerprint density at radius 1 is 0.639 bits per heavy atom. The van der Waals surface area contributed by atoms with Crippen LogP contribution in [0.15, 0.2) is 89.8 Å². The SMILES string of the molecule is COC(=O)c1ccc(-c2cc(-c3ccc(C)cc3)c(S(=O)O)c(-c3ccc(C(=O)OC)cc3)c2)cc1. The summed E-state index contributed by atoms with van der Waals surface area (Å²) in [7, 11) is 2.64. The Labute approximate surface area is 211 Å². The first-order valence-electron chi connectivity index (χ1n) is 11.1. The number of methoxy groups -OCH3 is 2. The number of esters is 2. The molecule has 7 heteroatoms. The molecule has 4 aromatic carbocycles. The van der Waals surface area contributed by atoms with Crippen molar-refractivity contribution in [2.24, 2.45) is 0 Å². The van der Waals surface area contributed by atoms with Crippen LogP contribution in [0.4, 0.5) is 0 Å². The van der Waals surface area contributed by atoms with Crippen LogP contribution >= 0.6 is 0 Å². The van der Waals surface area contributed by atoms with E-state index in [0.29, 0.717) is 27.8 Å². The van der Waals surface area contributed by atoms with Gasteiger partial charge in [0, 0.05) is 11.1 Å². The average Bonchev–Trinajstić information content (AvgIpc) is 2.92. The molecule has 0 aliphatic carbocycles. The van der Waals surface area contributed by atoms with E-state index >= 15 is 0 Å². The summed E-state index contributed by atoms with van der Waals surface area (Å²) in [6.45, 7) is 1.97. The molecular formula is C29H24O6S. The molecule has 0 saturated carbocycles. The van der Waals surface area contributed by atoms with E-state index in [0.717, 1.165) is 22.3 Å². The second-order valence-corrected chi connectivity index (χ2v) is 9.06. The number of rotatable bonds is 6. The van der Waals surface area contributed by atoms with Gasteiger partial charge in [0.1, 0.15) is 0 Å². The number of hydrogen-bond acceptors (Lipinski definition) is 5. The molecule has 0 aliphatic rings. The van der Waals surface area contributed by atoms with Gasteiger partial charge in [-0.25, -0.2) is 13.8 Å². The molecule has 1 unspecified atom stereocenters. The number of carbonyl (C=O) groups excluding carboxylic acids is 2. The summed E-state index contributed by atoms with van der Waals surface area (Å²) in [5.41, 5.74) is 6.10. The van der Waals surface area contributed by atoms with Gasteiger partial charge in [0.15, 0.2) is 11.1 Å². The third-order valence-electron chi connectivity index (χ3n) is 5.88. The van der Waals surface area contributed by atoms with Crippen molar-refractivity contribution in [3.05, 3.63) is 102 Å². The van der Waals surface area contributed by atoms with Crippen molar-refractivity contribution in [3.8, 4) is 33.4 Å². The van der Waals surface area contributed by atoms with Gasteiger partial charge in [-0.05, 0) is 65.6 Å². The number of aryl methyl sites for hydroxylation is 1. The lowest BCUT2D eigenvalue weighted by atomic mass is 9.92. The molecule has 0 bridgehead atoms. The zero-order chi connectivity index (χ0) is 25.8. The van der Waals surface area contributed by atoms with Crippen molar-refractivity contribution >= 4 is 23.0 Å². The molecule has 1 N–H and O–H groups in total. The van der Waals surface area contributed by atoms with Crippen LogP contribution in [-0.2, 0) is 20.6 Å². The van der Waals surface area contributed by atoms with Crippen molar-refractivity contribution in [2.45, 2.75) is 11.8 Å². The van der Waals surface area contributed by atoms with Gasteiger partial charge in [0.05, 0.1) is 30.2 Å². The average molecular weight is 501 g/mol. The largest absolute Gasteiger partial charge is 0.465 e. The maximum absolute atomic E-state index is 12.7. The fourth-order valence-electron chi connectivity index (χ4n) is 3.97. The molecule has 0 fully saturated rings. The van der Waals surface area contributed by atoms with Gasteiger partial charge >= 0.3 is 11.9 Å². The van der Waals surface area contributed by atoms with Gasteiger partial charge in [0.25, 0.3) is 0 Å². The number of hydrogen-bond donors (Lipinski definition) is 1. The molecule has 182 valence electrons. The highest BCUT2D eigenvalue weighted by Gasteiger charge is 2.20. The van der Waals surface area contributed by atoms with Crippen LogP contribution in [0, 0.1) is 6.92 Å². The van der Waals surface area contributed by atoms with Crippen LogP contribution in [-0.4, -0.2) is 34.9 Å². The Kier molecular flexibility index (Phi) is 7.43. The Bertz CT molecular complexity index is 1440. The fourth-order valence-corrected chi connectivity index (χ4v) is 4.70. The summed E-state index contributed by atoms with van der Waals surface area (Å²) in [6, 6.07) is 25.1. The third-order valence-corrected chi connectivity index (χ3v) is 6.67. The lowest BCUT2D eigenvalue weighted by Crippen LogP contribution is -2.02.